The molecule has 0 saturated carbocycles. The molecule has 0 fully saturated rings. The Hall–Kier alpha value is -1.75. The van der Waals surface area contributed by atoms with Crippen molar-refractivity contribution in [3.05, 3.63) is 29.1 Å². The molecule has 0 aliphatic rings. The smallest absolute Gasteiger partial charge is 0.407 e. The average Bonchev–Trinajstić information content (AvgIpc) is 2.69. The summed E-state index contributed by atoms with van der Waals surface area (Å²) in [5, 5.41) is 15.5. The molecule has 2 N–H and O–H groups in total. The first kappa shape index (κ1) is 15.6. The van der Waals surface area contributed by atoms with Crippen molar-refractivity contribution in [2.24, 2.45) is 0 Å². The van der Waals surface area contributed by atoms with Crippen LogP contribution in [0.1, 0.15) is 33.3 Å². The quantitative estimate of drug-likeness (QED) is 0.899. The lowest BCUT2D eigenvalue weighted by atomic mass is 10.1. The number of hydrogen-bond donors (Lipinski definition) is 2. The molecule has 1 unspecified atom stereocenters. The van der Waals surface area contributed by atoms with E-state index in [-0.39, 0.29) is 11.8 Å². The Labute approximate surface area is 128 Å². The lowest BCUT2D eigenvalue weighted by Gasteiger charge is -2.21. The summed E-state index contributed by atoms with van der Waals surface area (Å²) in [6.07, 6.45) is 0.292. The number of rotatable bonds is 3. The molecular weight excluding hydrogens is 286 g/mol. The van der Waals surface area contributed by atoms with Gasteiger partial charge in [-0.15, -0.1) is 11.3 Å². The van der Waals surface area contributed by atoms with Crippen LogP contribution in [0.3, 0.4) is 0 Å². The number of aromatic hydroxyl groups is 1. The van der Waals surface area contributed by atoms with E-state index in [0.717, 1.165) is 15.6 Å². The van der Waals surface area contributed by atoms with Gasteiger partial charge in [0.15, 0.2) is 0 Å². The second-order valence-corrected chi connectivity index (χ2v) is 7.10. The molecule has 0 radical (unpaired) electrons. The van der Waals surface area contributed by atoms with Crippen molar-refractivity contribution in [1.29, 1.82) is 0 Å². The summed E-state index contributed by atoms with van der Waals surface area (Å²) in [6, 6.07) is 5.32. The topological polar surface area (TPSA) is 58.6 Å². The van der Waals surface area contributed by atoms with E-state index in [2.05, 4.69) is 10.7 Å². The lowest BCUT2D eigenvalue weighted by Crippen LogP contribution is -2.38. The fraction of sp³-hybridized carbons (Fsp3) is 0.438. The standard InChI is InChI=1S/C16H21NO3S/c1-10(17-15(19)20-16(2,3)4)7-11-9-21-14-6-5-12(18)8-13(11)14/h5-6,8-10,18H,7H2,1-4H3,(H,17,19). The number of carbonyl (C=O) groups is 1. The molecule has 114 valence electrons. The van der Waals surface area contributed by atoms with Gasteiger partial charge in [0.25, 0.3) is 0 Å². The third-order valence-electron chi connectivity index (χ3n) is 2.93. The van der Waals surface area contributed by atoms with E-state index in [9.17, 15) is 9.90 Å². The molecule has 1 aromatic carbocycles. The highest BCUT2D eigenvalue weighted by Gasteiger charge is 2.18. The first-order chi connectivity index (χ1) is 9.74. The molecule has 0 saturated heterocycles. The predicted molar refractivity (Wildman–Crippen MR) is 86.0 cm³/mol. The number of alkyl carbamates (subject to hydrolysis) is 1. The molecule has 0 aliphatic heterocycles. The summed E-state index contributed by atoms with van der Waals surface area (Å²) in [5.41, 5.74) is 0.625. The van der Waals surface area contributed by atoms with Gasteiger partial charge in [0, 0.05) is 10.7 Å². The van der Waals surface area contributed by atoms with Crippen LogP contribution in [-0.2, 0) is 11.2 Å². The van der Waals surface area contributed by atoms with E-state index in [0.29, 0.717) is 6.42 Å². The van der Waals surface area contributed by atoms with Gasteiger partial charge >= 0.3 is 6.09 Å². The maximum Gasteiger partial charge on any atom is 0.407 e. The van der Waals surface area contributed by atoms with E-state index in [1.54, 1.807) is 23.5 Å². The molecule has 1 atom stereocenters. The van der Waals surface area contributed by atoms with E-state index in [1.165, 1.54) is 0 Å². The summed E-state index contributed by atoms with van der Waals surface area (Å²) < 4.78 is 6.38. The van der Waals surface area contributed by atoms with Crippen LogP contribution in [0, 0.1) is 0 Å². The van der Waals surface area contributed by atoms with Gasteiger partial charge in [-0.25, -0.2) is 4.79 Å². The average molecular weight is 307 g/mol. The Morgan fingerprint density at radius 2 is 2.14 bits per heavy atom. The molecule has 1 amide bonds. The SMILES string of the molecule is CC(Cc1csc2ccc(O)cc12)NC(=O)OC(C)(C)C. The van der Waals surface area contributed by atoms with Crippen molar-refractivity contribution in [2.75, 3.05) is 0 Å². The molecular formula is C16H21NO3S. The van der Waals surface area contributed by atoms with Crippen LogP contribution in [-0.4, -0.2) is 22.8 Å². The minimum Gasteiger partial charge on any atom is -0.508 e. The molecule has 0 spiro atoms. The summed E-state index contributed by atoms with van der Waals surface area (Å²) in [6.45, 7) is 7.46. The zero-order chi connectivity index (χ0) is 15.6. The Morgan fingerprint density at radius 1 is 1.43 bits per heavy atom. The molecule has 2 aromatic rings. The zero-order valence-corrected chi connectivity index (χ0v) is 13.6. The van der Waals surface area contributed by atoms with Crippen molar-refractivity contribution in [3.63, 3.8) is 0 Å². The first-order valence-electron chi connectivity index (χ1n) is 6.93. The number of hydrogen-bond acceptors (Lipinski definition) is 4. The minimum absolute atomic E-state index is 0.0417. The Balaban J connectivity index is 2.03. The number of nitrogens with one attached hydrogen (secondary N) is 1. The van der Waals surface area contributed by atoms with Crippen LogP contribution >= 0.6 is 11.3 Å². The Morgan fingerprint density at radius 3 is 2.81 bits per heavy atom. The molecule has 2 rings (SSSR count). The number of fused-ring (bicyclic) bond motifs is 1. The van der Waals surface area contributed by atoms with Crippen molar-refractivity contribution in [2.45, 2.75) is 45.8 Å². The minimum atomic E-state index is -0.495. The second-order valence-electron chi connectivity index (χ2n) is 6.19. The maximum atomic E-state index is 11.7. The van der Waals surface area contributed by atoms with E-state index in [4.69, 9.17) is 4.74 Å². The van der Waals surface area contributed by atoms with Gasteiger partial charge in [-0.1, -0.05) is 0 Å². The van der Waals surface area contributed by atoms with Crippen LogP contribution < -0.4 is 5.32 Å². The zero-order valence-electron chi connectivity index (χ0n) is 12.8. The van der Waals surface area contributed by atoms with Crippen molar-refractivity contribution in [1.82, 2.24) is 5.32 Å². The molecule has 4 nitrogen and oxygen atoms in total. The van der Waals surface area contributed by atoms with Gasteiger partial charge < -0.3 is 15.2 Å². The fourth-order valence-corrected chi connectivity index (χ4v) is 3.07. The van der Waals surface area contributed by atoms with Gasteiger partial charge in [-0.3, -0.25) is 0 Å². The van der Waals surface area contributed by atoms with Crippen molar-refractivity contribution in [3.8, 4) is 5.75 Å². The first-order valence-corrected chi connectivity index (χ1v) is 7.81. The third kappa shape index (κ3) is 4.36. The van der Waals surface area contributed by atoms with Crippen LogP contribution in [0.25, 0.3) is 10.1 Å². The van der Waals surface area contributed by atoms with Crippen LogP contribution in [0.2, 0.25) is 0 Å². The number of thiophene rings is 1. The molecule has 0 bridgehead atoms. The lowest BCUT2D eigenvalue weighted by molar-refractivity contribution is 0.0508. The Kier molecular flexibility index (Phi) is 4.42. The summed E-state index contributed by atoms with van der Waals surface area (Å²) in [5.74, 6) is 0.259. The predicted octanol–water partition coefficient (Wildman–Crippen LogP) is 4.06. The van der Waals surface area contributed by atoms with Gasteiger partial charge in [0.1, 0.15) is 11.4 Å². The summed E-state index contributed by atoms with van der Waals surface area (Å²) >= 11 is 1.64. The molecule has 21 heavy (non-hydrogen) atoms. The second kappa shape index (κ2) is 5.93. The summed E-state index contributed by atoms with van der Waals surface area (Å²) in [7, 11) is 0. The number of phenols is 1. The van der Waals surface area contributed by atoms with Crippen LogP contribution in [0.15, 0.2) is 23.6 Å². The number of benzene rings is 1. The van der Waals surface area contributed by atoms with E-state index in [1.807, 2.05) is 33.8 Å². The fourth-order valence-electron chi connectivity index (χ4n) is 2.12. The maximum absolute atomic E-state index is 11.7. The molecule has 0 aliphatic carbocycles. The molecule has 5 heteroatoms. The van der Waals surface area contributed by atoms with Crippen molar-refractivity contribution >= 4 is 27.5 Å². The largest absolute Gasteiger partial charge is 0.508 e. The third-order valence-corrected chi connectivity index (χ3v) is 3.94. The number of amides is 1. The highest BCUT2D eigenvalue weighted by molar-refractivity contribution is 7.17. The van der Waals surface area contributed by atoms with Crippen LogP contribution in [0.4, 0.5) is 4.79 Å². The molecule has 1 aromatic heterocycles. The Bertz CT molecular complexity index is 642. The van der Waals surface area contributed by atoms with Gasteiger partial charge in [-0.05, 0) is 68.6 Å². The highest BCUT2D eigenvalue weighted by atomic mass is 32.1. The number of ether oxygens (including phenoxy) is 1. The number of phenolic OH excluding ortho intramolecular Hbond substituents is 1. The van der Waals surface area contributed by atoms with E-state index >= 15 is 0 Å². The van der Waals surface area contributed by atoms with Gasteiger partial charge in [0.05, 0.1) is 0 Å². The van der Waals surface area contributed by atoms with Crippen LogP contribution in [0.5, 0.6) is 5.75 Å². The van der Waals surface area contributed by atoms with Gasteiger partial charge in [-0.2, -0.15) is 0 Å². The molecule has 1 heterocycles. The van der Waals surface area contributed by atoms with Crippen molar-refractivity contribution < 1.29 is 14.6 Å². The van der Waals surface area contributed by atoms with E-state index < -0.39 is 11.7 Å². The monoisotopic (exact) mass is 307 g/mol. The van der Waals surface area contributed by atoms with Gasteiger partial charge in [0.2, 0.25) is 0 Å². The number of carbonyl (C=O) groups excluding carboxylic acids is 1. The normalized spacial score (nSPS) is 13.1. The highest BCUT2D eigenvalue weighted by Crippen LogP contribution is 2.29. The summed E-state index contributed by atoms with van der Waals surface area (Å²) in [4.78, 5) is 11.7.